The van der Waals surface area contributed by atoms with E-state index in [1.54, 1.807) is 11.8 Å². The molecule has 0 amide bonds. The maximum absolute atomic E-state index is 6.28. The van der Waals surface area contributed by atoms with Gasteiger partial charge in [-0.2, -0.15) is 0 Å². The molecule has 3 aromatic rings. The summed E-state index contributed by atoms with van der Waals surface area (Å²) in [4.78, 5) is 2.18. The topological polar surface area (TPSA) is 56.3 Å². The van der Waals surface area contributed by atoms with Gasteiger partial charge >= 0.3 is 0 Å². The minimum atomic E-state index is 0.254. The monoisotopic (exact) mass is 432 g/mol. The molecule has 29 heavy (non-hydrogen) atoms. The smallest absolute Gasteiger partial charge is 0.191 e. The fourth-order valence-corrected chi connectivity index (χ4v) is 4.35. The molecule has 2 aromatic heterocycles. The van der Waals surface area contributed by atoms with Crippen LogP contribution in [0.5, 0.6) is 0 Å². The zero-order chi connectivity index (χ0) is 20.2. The summed E-state index contributed by atoms with van der Waals surface area (Å²) in [5.74, 6) is 2.62. The predicted octanol–water partition coefficient (Wildman–Crippen LogP) is 4.72. The van der Waals surface area contributed by atoms with E-state index >= 15 is 0 Å². The highest BCUT2D eigenvalue weighted by atomic mass is 35.5. The van der Waals surface area contributed by atoms with E-state index in [0.717, 1.165) is 54.1 Å². The Bertz CT molecular complexity index is 952. The molecule has 1 saturated heterocycles. The molecule has 0 radical (unpaired) electrons. The second-order valence-corrected chi connectivity index (χ2v) is 8.45. The summed E-state index contributed by atoms with van der Waals surface area (Å²) in [6, 6.07) is 11.7. The average molecular weight is 433 g/mol. The van der Waals surface area contributed by atoms with Gasteiger partial charge in [0.15, 0.2) is 5.16 Å². The molecule has 0 aliphatic carbocycles. The van der Waals surface area contributed by atoms with Crippen molar-refractivity contribution in [3.8, 4) is 11.3 Å². The second kappa shape index (κ2) is 9.34. The lowest BCUT2D eigenvalue weighted by Crippen LogP contribution is -2.23. The first-order valence-electron chi connectivity index (χ1n) is 9.74. The van der Waals surface area contributed by atoms with E-state index in [0.29, 0.717) is 18.1 Å². The predicted molar refractivity (Wildman–Crippen MR) is 115 cm³/mol. The summed E-state index contributed by atoms with van der Waals surface area (Å²) in [7, 11) is 2.06. The van der Waals surface area contributed by atoms with Crippen molar-refractivity contribution in [1.29, 1.82) is 0 Å². The SMILES string of the molecule is CSc1nnc(CN(C)Cc2ccc(-c3ccccc3Cl)o2)n1C[C@@H]1CCCO1. The van der Waals surface area contributed by atoms with Crippen molar-refractivity contribution in [1.82, 2.24) is 19.7 Å². The molecule has 1 aliphatic rings. The molecule has 3 heterocycles. The Kier molecular flexibility index (Phi) is 6.60. The Morgan fingerprint density at radius 2 is 2.07 bits per heavy atom. The lowest BCUT2D eigenvalue weighted by Gasteiger charge is -2.18. The maximum atomic E-state index is 6.28. The van der Waals surface area contributed by atoms with Crippen LogP contribution in [0.3, 0.4) is 0 Å². The van der Waals surface area contributed by atoms with Crippen molar-refractivity contribution in [2.24, 2.45) is 0 Å². The number of thioether (sulfide) groups is 1. The van der Waals surface area contributed by atoms with E-state index in [-0.39, 0.29) is 6.10 Å². The Morgan fingerprint density at radius 1 is 1.21 bits per heavy atom. The molecule has 0 saturated carbocycles. The van der Waals surface area contributed by atoms with Crippen molar-refractivity contribution >= 4 is 23.4 Å². The summed E-state index contributed by atoms with van der Waals surface area (Å²) in [6.45, 7) is 3.01. The van der Waals surface area contributed by atoms with E-state index in [9.17, 15) is 0 Å². The number of hydrogen-bond donors (Lipinski definition) is 0. The highest BCUT2D eigenvalue weighted by molar-refractivity contribution is 7.98. The zero-order valence-corrected chi connectivity index (χ0v) is 18.2. The molecule has 1 aliphatic heterocycles. The summed E-state index contributed by atoms with van der Waals surface area (Å²) in [5, 5.41) is 10.4. The highest BCUT2D eigenvalue weighted by Gasteiger charge is 2.21. The van der Waals surface area contributed by atoms with Crippen LogP contribution < -0.4 is 0 Å². The number of halogens is 1. The van der Waals surface area contributed by atoms with E-state index < -0.39 is 0 Å². The first kappa shape index (κ1) is 20.5. The van der Waals surface area contributed by atoms with Crippen LogP contribution in [0.2, 0.25) is 5.02 Å². The number of hydrogen-bond acceptors (Lipinski definition) is 6. The van der Waals surface area contributed by atoms with Gasteiger partial charge in [-0.05, 0) is 50.4 Å². The number of benzene rings is 1. The molecular weight excluding hydrogens is 408 g/mol. The molecule has 6 nitrogen and oxygen atoms in total. The van der Waals surface area contributed by atoms with Crippen LogP contribution in [0, 0.1) is 0 Å². The van der Waals surface area contributed by atoms with Gasteiger partial charge in [-0.3, -0.25) is 4.90 Å². The summed E-state index contributed by atoms with van der Waals surface area (Å²) < 4.78 is 14.0. The molecule has 4 rings (SSSR count). The van der Waals surface area contributed by atoms with Crippen LogP contribution in [-0.4, -0.2) is 45.7 Å². The molecule has 0 spiro atoms. The summed E-state index contributed by atoms with van der Waals surface area (Å²) >= 11 is 7.90. The Hall–Kier alpha value is -1.80. The lowest BCUT2D eigenvalue weighted by atomic mass is 10.2. The highest BCUT2D eigenvalue weighted by Crippen LogP contribution is 2.29. The molecule has 8 heteroatoms. The average Bonchev–Trinajstić information content (AvgIpc) is 3.45. The molecular formula is C21H25ClN4O2S. The van der Waals surface area contributed by atoms with Gasteiger partial charge in [-0.15, -0.1) is 10.2 Å². The molecule has 0 N–H and O–H groups in total. The molecule has 154 valence electrons. The van der Waals surface area contributed by atoms with Crippen LogP contribution in [0.15, 0.2) is 46.0 Å². The first-order chi connectivity index (χ1) is 14.1. The first-order valence-corrected chi connectivity index (χ1v) is 11.3. The van der Waals surface area contributed by atoms with Gasteiger partial charge in [0, 0.05) is 12.2 Å². The van der Waals surface area contributed by atoms with Crippen molar-refractivity contribution in [2.75, 3.05) is 19.9 Å². The lowest BCUT2D eigenvalue weighted by molar-refractivity contribution is 0.0934. The molecule has 0 bridgehead atoms. The van der Waals surface area contributed by atoms with Crippen LogP contribution in [0.25, 0.3) is 11.3 Å². The number of ether oxygens (including phenoxy) is 1. The van der Waals surface area contributed by atoms with Gasteiger partial charge in [-0.1, -0.05) is 35.5 Å². The van der Waals surface area contributed by atoms with Crippen LogP contribution in [0.1, 0.15) is 24.4 Å². The van der Waals surface area contributed by atoms with Gasteiger partial charge < -0.3 is 13.7 Å². The number of nitrogens with zero attached hydrogens (tertiary/aromatic N) is 4. The quantitative estimate of drug-likeness (QED) is 0.480. The number of furan rings is 1. The molecule has 1 fully saturated rings. The van der Waals surface area contributed by atoms with Crippen molar-refractivity contribution in [3.63, 3.8) is 0 Å². The Morgan fingerprint density at radius 3 is 2.83 bits per heavy atom. The normalized spacial score (nSPS) is 16.8. The largest absolute Gasteiger partial charge is 0.460 e. The van der Waals surface area contributed by atoms with Gasteiger partial charge in [0.1, 0.15) is 17.3 Å². The standard InChI is InChI=1S/C21H25ClN4O2S/c1-25(12-16-9-10-19(28-16)17-7-3-4-8-18(17)22)14-20-23-24-21(29-2)26(20)13-15-6-5-11-27-15/h3-4,7-10,15H,5-6,11-14H2,1-2H3/t15-/m0/s1. The van der Waals surface area contributed by atoms with Gasteiger partial charge in [0.2, 0.25) is 0 Å². The third-order valence-corrected chi connectivity index (χ3v) is 6.02. The van der Waals surface area contributed by atoms with Crippen molar-refractivity contribution < 1.29 is 9.15 Å². The van der Waals surface area contributed by atoms with Gasteiger partial charge in [0.25, 0.3) is 0 Å². The second-order valence-electron chi connectivity index (χ2n) is 7.27. The Balaban J connectivity index is 1.43. The number of rotatable bonds is 8. The van der Waals surface area contributed by atoms with Crippen molar-refractivity contribution in [3.05, 3.63) is 53.0 Å². The van der Waals surface area contributed by atoms with E-state index in [2.05, 4.69) is 26.7 Å². The minimum absolute atomic E-state index is 0.254. The summed E-state index contributed by atoms with van der Waals surface area (Å²) in [5.41, 5.74) is 0.906. The fraction of sp³-hybridized carbons (Fsp3) is 0.429. The number of aromatic nitrogens is 3. The van der Waals surface area contributed by atoms with E-state index in [1.807, 2.05) is 42.7 Å². The maximum Gasteiger partial charge on any atom is 0.191 e. The van der Waals surface area contributed by atoms with Crippen molar-refractivity contribution in [2.45, 2.75) is 43.7 Å². The van der Waals surface area contributed by atoms with Gasteiger partial charge in [0.05, 0.1) is 30.8 Å². The van der Waals surface area contributed by atoms with E-state index in [4.69, 9.17) is 20.8 Å². The molecule has 1 aromatic carbocycles. The minimum Gasteiger partial charge on any atom is -0.460 e. The van der Waals surface area contributed by atoms with E-state index in [1.165, 1.54) is 0 Å². The fourth-order valence-electron chi connectivity index (χ4n) is 3.59. The van der Waals surface area contributed by atoms with Gasteiger partial charge in [-0.25, -0.2) is 0 Å². The Labute approximate surface area is 180 Å². The zero-order valence-electron chi connectivity index (χ0n) is 16.7. The van der Waals surface area contributed by atoms with Crippen LogP contribution >= 0.6 is 23.4 Å². The molecule has 0 unspecified atom stereocenters. The third kappa shape index (κ3) is 4.86. The molecule has 1 atom stereocenters. The summed E-state index contributed by atoms with van der Waals surface area (Å²) in [6.07, 6.45) is 4.51. The third-order valence-electron chi connectivity index (χ3n) is 5.02. The van der Waals surface area contributed by atoms with Crippen LogP contribution in [-0.2, 0) is 24.4 Å². The van der Waals surface area contributed by atoms with Crippen LogP contribution in [0.4, 0.5) is 0 Å².